The summed E-state index contributed by atoms with van der Waals surface area (Å²) in [5, 5.41) is 0. The van der Waals surface area contributed by atoms with Gasteiger partial charge in [-0.2, -0.15) is 0 Å². The van der Waals surface area contributed by atoms with Gasteiger partial charge in [0.25, 0.3) is 0 Å². The van der Waals surface area contributed by atoms with E-state index >= 15 is 0 Å². The Hall–Kier alpha value is -2.63. The van der Waals surface area contributed by atoms with Crippen molar-refractivity contribution in [2.45, 2.75) is 6.54 Å². The molecule has 0 aliphatic heterocycles. The number of ether oxygens (including phenoxy) is 2. The molecule has 1 aromatic carbocycles. The van der Waals surface area contributed by atoms with Gasteiger partial charge in [0.05, 0.1) is 31.7 Å². The maximum atomic E-state index is 11.6. The number of hydrogen-bond donors (Lipinski definition) is 0. The Morgan fingerprint density at radius 1 is 1.10 bits per heavy atom. The summed E-state index contributed by atoms with van der Waals surface area (Å²) in [6.07, 6.45) is 5.11. The minimum Gasteiger partial charge on any atom is -0.465 e. The van der Waals surface area contributed by atoms with Gasteiger partial charge in [0.2, 0.25) is 0 Å². The number of carbonyl (C=O) groups excluding carboxylic acids is 2. The number of nitrogens with zero attached hydrogens (tertiary/aromatic N) is 2. The normalized spacial score (nSPS) is 10.1. The van der Waals surface area contributed by atoms with Crippen LogP contribution >= 0.6 is 0 Å². The number of carbonyl (C=O) groups is 2. The Morgan fingerprint density at radius 3 is 2.15 bits per heavy atom. The van der Waals surface area contributed by atoms with E-state index in [1.807, 2.05) is 4.57 Å². The predicted molar refractivity (Wildman–Crippen MR) is 70.5 cm³/mol. The largest absolute Gasteiger partial charge is 0.465 e. The molecule has 0 saturated carbocycles. The van der Waals surface area contributed by atoms with E-state index in [1.54, 1.807) is 30.9 Å². The highest BCUT2D eigenvalue weighted by Gasteiger charge is 2.13. The molecular formula is C14H14N2O4. The quantitative estimate of drug-likeness (QED) is 0.790. The first-order chi connectivity index (χ1) is 9.63. The summed E-state index contributed by atoms with van der Waals surface area (Å²) >= 11 is 0. The van der Waals surface area contributed by atoms with E-state index in [0.717, 1.165) is 5.56 Å². The van der Waals surface area contributed by atoms with E-state index in [4.69, 9.17) is 0 Å². The number of methoxy groups -OCH3 is 2. The number of rotatable bonds is 4. The highest BCUT2D eigenvalue weighted by Crippen LogP contribution is 2.14. The monoisotopic (exact) mass is 274 g/mol. The molecule has 2 aromatic rings. The van der Waals surface area contributed by atoms with Gasteiger partial charge in [-0.1, -0.05) is 0 Å². The second kappa shape index (κ2) is 6.01. The maximum absolute atomic E-state index is 11.6. The van der Waals surface area contributed by atoms with E-state index in [-0.39, 0.29) is 0 Å². The van der Waals surface area contributed by atoms with Gasteiger partial charge in [0, 0.05) is 18.9 Å². The summed E-state index contributed by atoms with van der Waals surface area (Å²) in [5.74, 6) is -0.995. The van der Waals surface area contributed by atoms with Crippen molar-refractivity contribution in [3.63, 3.8) is 0 Å². The molecule has 0 bridgehead atoms. The minimum atomic E-state index is -0.498. The molecule has 20 heavy (non-hydrogen) atoms. The van der Waals surface area contributed by atoms with E-state index in [9.17, 15) is 9.59 Å². The lowest BCUT2D eigenvalue weighted by Crippen LogP contribution is -2.09. The molecular weight excluding hydrogens is 260 g/mol. The van der Waals surface area contributed by atoms with Crippen molar-refractivity contribution >= 4 is 11.9 Å². The minimum absolute atomic E-state index is 0.311. The fourth-order valence-electron chi connectivity index (χ4n) is 1.85. The third kappa shape index (κ3) is 3.03. The third-order valence-electron chi connectivity index (χ3n) is 2.76. The van der Waals surface area contributed by atoms with Crippen molar-refractivity contribution < 1.29 is 19.1 Å². The number of esters is 2. The van der Waals surface area contributed by atoms with Crippen LogP contribution in [0.1, 0.15) is 26.3 Å². The van der Waals surface area contributed by atoms with Gasteiger partial charge in [-0.15, -0.1) is 0 Å². The summed E-state index contributed by atoms with van der Waals surface area (Å²) in [7, 11) is 2.59. The molecule has 0 N–H and O–H groups in total. The van der Waals surface area contributed by atoms with Crippen LogP contribution in [0.5, 0.6) is 0 Å². The maximum Gasteiger partial charge on any atom is 0.337 e. The summed E-state index contributed by atoms with van der Waals surface area (Å²) in [6.45, 7) is 0.495. The number of aromatic nitrogens is 2. The second-order valence-electron chi connectivity index (χ2n) is 4.14. The molecule has 0 spiro atoms. The first-order valence-electron chi connectivity index (χ1n) is 5.90. The fourth-order valence-corrected chi connectivity index (χ4v) is 1.85. The van der Waals surface area contributed by atoms with E-state index < -0.39 is 11.9 Å². The molecule has 0 aliphatic rings. The number of benzene rings is 1. The van der Waals surface area contributed by atoms with Gasteiger partial charge < -0.3 is 14.0 Å². The topological polar surface area (TPSA) is 70.4 Å². The fraction of sp³-hybridized carbons (Fsp3) is 0.214. The molecule has 0 amide bonds. The lowest BCUT2D eigenvalue weighted by atomic mass is 10.1. The molecule has 0 fully saturated rings. The van der Waals surface area contributed by atoms with Crippen molar-refractivity contribution in [2.24, 2.45) is 0 Å². The molecule has 0 atom stereocenters. The van der Waals surface area contributed by atoms with Crippen LogP contribution in [0.2, 0.25) is 0 Å². The lowest BCUT2D eigenvalue weighted by molar-refractivity contribution is 0.0599. The first-order valence-corrected chi connectivity index (χ1v) is 5.90. The molecule has 0 radical (unpaired) electrons. The van der Waals surface area contributed by atoms with E-state index in [1.165, 1.54) is 20.3 Å². The summed E-state index contributed by atoms with van der Waals surface area (Å²) in [4.78, 5) is 27.2. The number of imidazole rings is 1. The van der Waals surface area contributed by atoms with Crippen LogP contribution in [0, 0.1) is 0 Å². The number of hydrogen-bond acceptors (Lipinski definition) is 5. The summed E-state index contributed by atoms with van der Waals surface area (Å²) in [6, 6.07) is 4.81. The van der Waals surface area contributed by atoms with Crippen molar-refractivity contribution in [2.75, 3.05) is 14.2 Å². The molecule has 0 unspecified atom stereocenters. The van der Waals surface area contributed by atoms with Crippen molar-refractivity contribution in [1.29, 1.82) is 0 Å². The molecule has 6 heteroatoms. The van der Waals surface area contributed by atoms with Gasteiger partial charge in [-0.3, -0.25) is 0 Å². The molecule has 0 aliphatic carbocycles. The average Bonchev–Trinajstić information content (AvgIpc) is 2.98. The van der Waals surface area contributed by atoms with Gasteiger partial charge in [-0.05, 0) is 23.8 Å². The van der Waals surface area contributed by atoms with Crippen LogP contribution in [-0.4, -0.2) is 35.7 Å². The highest BCUT2D eigenvalue weighted by atomic mass is 16.5. The average molecular weight is 274 g/mol. The first kappa shape index (κ1) is 13.8. The smallest absolute Gasteiger partial charge is 0.337 e. The van der Waals surface area contributed by atoms with Crippen LogP contribution in [-0.2, 0) is 16.0 Å². The van der Waals surface area contributed by atoms with E-state index in [2.05, 4.69) is 14.5 Å². The molecule has 1 aromatic heterocycles. The Bertz CT molecular complexity index is 586. The molecule has 1 heterocycles. The van der Waals surface area contributed by atoms with Crippen molar-refractivity contribution in [3.05, 3.63) is 53.6 Å². The zero-order valence-electron chi connectivity index (χ0n) is 11.2. The van der Waals surface area contributed by atoms with Crippen LogP contribution in [0.3, 0.4) is 0 Å². The van der Waals surface area contributed by atoms with Crippen molar-refractivity contribution in [1.82, 2.24) is 9.55 Å². The molecule has 0 saturated heterocycles. The molecule has 2 rings (SSSR count). The van der Waals surface area contributed by atoms with Gasteiger partial charge in [0.15, 0.2) is 0 Å². The second-order valence-corrected chi connectivity index (χ2v) is 4.14. The summed E-state index contributed by atoms with van der Waals surface area (Å²) in [5.41, 5.74) is 1.40. The van der Waals surface area contributed by atoms with Crippen LogP contribution in [0.15, 0.2) is 36.9 Å². The predicted octanol–water partition coefficient (Wildman–Crippen LogP) is 1.50. The Kier molecular flexibility index (Phi) is 4.14. The Morgan fingerprint density at radius 2 is 1.70 bits per heavy atom. The van der Waals surface area contributed by atoms with Crippen LogP contribution in [0.4, 0.5) is 0 Å². The SMILES string of the molecule is COC(=O)c1cc(Cn2ccnc2)cc(C(=O)OC)c1. The highest BCUT2D eigenvalue weighted by molar-refractivity contribution is 5.95. The molecule has 6 nitrogen and oxygen atoms in total. The van der Waals surface area contributed by atoms with Gasteiger partial charge in [0.1, 0.15) is 0 Å². The zero-order chi connectivity index (χ0) is 14.5. The van der Waals surface area contributed by atoms with Crippen LogP contribution in [0.25, 0.3) is 0 Å². The Labute approximate surface area is 116 Å². The van der Waals surface area contributed by atoms with E-state index in [0.29, 0.717) is 17.7 Å². The third-order valence-corrected chi connectivity index (χ3v) is 2.76. The standard InChI is InChI=1S/C14H14N2O4/c1-19-13(17)11-5-10(8-16-4-3-15-9-16)6-12(7-11)14(18)20-2/h3-7,9H,8H2,1-2H3. The Balaban J connectivity index is 2.39. The van der Waals surface area contributed by atoms with Crippen LogP contribution < -0.4 is 0 Å². The van der Waals surface area contributed by atoms with Gasteiger partial charge >= 0.3 is 11.9 Å². The lowest BCUT2D eigenvalue weighted by Gasteiger charge is -2.08. The zero-order valence-corrected chi connectivity index (χ0v) is 11.2. The van der Waals surface area contributed by atoms with Crippen molar-refractivity contribution in [3.8, 4) is 0 Å². The summed E-state index contributed by atoms with van der Waals surface area (Å²) < 4.78 is 11.2. The molecule has 104 valence electrons. The van der Waals surface area contributed by atoms with Gasteiger partial charge in [-0.25, -0.2) is 14.6 Å².